The molecular formula is C26H39Br2ClN4O4S2. The van der Waals surface area contributed by atoms with Crippen LogP contribution in [0.3, 0.4) is 0 Å². The van der Waals surface area contributed by atoms with E-state index >= 15 is 0 Å². The number of hydrogen-bond donors (Lipinski definition) is 2. The highest BCUT2D eigenvalue weighted by Gasteiger charge is 2.26. The molecule has 2 aromatic rings. The van der Waals surface area contributed by atoms with Crippen LogP contribution in [-0.4, -0.2) is 45.8 Å². The van der Waals surface area contributed by atoms with E-state index in [0.29, 0.717) is 17.9 Å². The fourth-order valence-corrected chi connectivity index (χ4v) is 7.37. The SMILES string of the molecule is CC(C)OC(=O)Cl.CC(C)OC(=O)NC1CCC(c2ncc(Br)s2)CC1.NC1CCC(c2ncc(Br)s2)CC1. The molecule has 0 saturated heterocycles. The molecule has 0 atom stereocenters. The van der Waals surface area contributed by atoms with E-state index in [1.54, 1.807) is 36.5 Å². The van der Waals surface area contributed by atoms with E-state index in [2.05, 4.69) is 51.9 Å². The van der Waals surface area contributed by atoms with Crippen molar-refractivity contribution in [2.45, 2.75) is 115 Å². The van der Waals surface area contributed by atoms with Gasteiger partial charge < -0.3 is 20.5 Å². The van der Waals surface area contributed by atoms with Crippen molar-refractivity contribution in [1.29, 1.82) is 0 Å². The second-order valence-electron chi connectivity index (χ2n) is 10.2. The number of amides is 1. The summed E-state index contributed by atoms with van der Waals surface area (Å²) in [6.07, 6.45) is 12.2. The van der Waals surface area contributed by atoms with Crippen LogP contribution in [0.2, 0.25) is 0 Å². The number of nitrogens with two attached hydrogens (primary N) is 1. The number of rotatable bonds is 5. The lowest BCUT2D eigenvalue weighted by Gasteiger charge is -2.27. The quantitative estimate of drug-likeness (QED) is 0.296. The summed E-state index contributed by atoms with van der Waals surface area (Å²) < 4.78 is 11.7. The van der Waals surface area contributed by atoms with E-state index in [0.717, 1.165) is 46.1 Å². The standard InChI is InChI=1S/C13H19BrN2O2S.C9H13BrN2S.C4H7ClO2/c1-8(2)18-13(17)16-10-5-3-9(4-6-10)12-15-7-11(14)19-12;10-8-5-12-9(13-8)6-1-3-7(11)4-2-6;1-3(2)7-4(5)6/h7-10H,3-6H2,1-2H3,(H,16,17);5-7H,1-4,11H2;3H,1-2H3. The van der Waals surface area contributed by atoms with E-state index < -0.39 is 5.43 Å². The predicted molar refractivity (Wildman–Crippen MR) is 166 cm³/mol. The summed E-state index contributed by atoms with van der Waals surface area (Å²) in [4.78, 5) is 30.1. The average Bonchev–Trinajstić information content (AvgIpc) is 3.48. The van der Waals surface area contributed by atoms with Crippen LogP contribution in [0.4, 0.5) is 9.59 Å². The molecule has 2 fully saturated rings. The molecule has 0 spiro atoms. The van der Waals surface area contributed by atoms with Gasteiger partial charge in [-0.3, -0.25) is 0 Å². The van der Waals surface area contributed by atoms with Gasteiger partial charge in [-0.1, -0.05) is 0 Å². The van der Waals surface area contributed by atoms with Gasteiger partial charge in [-0.2, -0.15) is 0 Å². The first-order valence-corrected chi connectivity index (χ1v) is 16.8. The molecule has 4 rings (SSSR count). The zero-order chi connectivity index (χ0) is 28.9. The lowest BCUT2D eigenvalue weighted by molar-refractivity contribution is 0.109. The van der Waals surface area contributed by atoms with Crippen LogP contribution in [0.1, 0.15) is 101 Å². The highest BCUT2D eigenvalue weighted by atomic mass is 79.9. The maximum atomic E-state index is 11.5. The Bertz CT molecular complexity index is 1010. The minimum atomic E-state index is -0.741. The fraction of sp³-hybridized carbons (Fsp3) is 0.692. The second-order valence-corrected chi connectivity index (χ2v) is 15.4. The number of carbonyl (C=O) groups is 2. The number of carbonyl (C=O) groups excluding carboxylic acids is 2. The van der Waals surface area contributed by atoms with Gasteiger partial charge in [-0.05, 0) is 111 Å². The Kier molecular flexibility index (Phi) is 15.8. The molecule has 0 aromatic carbocycles. The van der Waals surface area contributed by atoms with E-state index in [4.69, 9.17) is 22.1 Å². The molecule has 0 radical (unpaired) electrons. The van der Waals surface area contributed by atoms with Gasteiger partial charge in [0.1, 0.15) is 0 Å². The smallest absolute Gasteiger partial charge is 0.407 e. The first-order chi connectivity index (χ1) is 18.4. The summed E-state index contributed by atoms with van der Waals surface area (Å²) in [7, 11) is 0. The van der Waals surface area contributed by atoms with Crippen LogP contribution in [-0.2, 0) is 9.47 Å². The third-order valence-corrected chi connectivity index (χ3v) is 9.55. The molecule has 2 aliphatic rings. The summed E-state index contributed by atoms with van der Waals surface area (Å²) in [6.45, 7) is 7.19. The first kappa shape index (κ1) is 34.4. The number of nitrogens with one attached hydrogen (secondary N) is 1. The van der Waals surface area contributed by atoms with Crippen molar-refractivity contribution in [2.24, 2.45) is 5.73 Å². The molecule has 8 nitrogen and oxygen atoms in total. The normalized spacial score (nSPS) is 22.7. The number of nitrogens with zero attached hydrogens (tertiary/aromatic N) is 2. The van der Waals surface area contributed by atoms with Crippen molar-refractivity contribution in [3.05, 3.63) is 30.0 Å². The molecule has 39 heavy (non-hydrogen) atoms. The second kappa shape index (κ2) is 17.9. The van der Waals surface area contributed by atoms with Crippen molar-refractivity contribution >= 4 is 77.7 Å². The molecule has 2 aromatic heterocycles. The van der Waals surface area contributed by atoms with E-state index in [-0.39, 0.29) is 24.3 Å². The number of ether oxygens (including phenoxy) is 2. The maximum Gasteiger partial charge on any atom is 0.407 e. The summed E-state index contributed by atoms with van der Waals surface area (Å²) in [5, 5.41) is 5.42. The molecule has 2 heterocycles. The third kappa shape index (κ3) is 14.1. The zero-order valence-corrected chi connectivity index (χ0v) is 28.4. The van der Waals surface area contributed by atoms with Gasteiger partial charge in [0.15, 0.2) is 0 Å². The van der Waals surface area contributed by atoms with Gasteiger partial charge in [-0.15, -0.1) is 22.7 Å². The molecule has 1 amide bonds. The Hall–Kier alpha value is -0.790. The first-order valence-electron chi connectivity index (χ1n) is 13.2. The number of hydrogen-bond acceptors (Lipinski definition) is 9. The van der Waals surface area contributed by atoms with Crippen LogP contribution in [0.5, 0.6) is 0 Å². The average molecular weight is 731 g/mol. The Morgan fingerprint density at radius 3 is 1.64 bits per heavy atom. The lowest BCUT2D eigenvalue weighted by atomic mass is 9.86. The third-order valence-electron chi connectivity index (χ3n) is 6.18. The molecule has 2 saturated carbocycles. The zero-order valence-electron chi connectivity index (χ0n) is 22.8. The Morgan fingerprint density at radius 1 is 0.872 bits per heavy atom. The Balaban J connectivity index is 0.000000230. The number of halogens is 3. The van der Waals surface area contributed by atoms with Crippen molar-refractivity contribution < 1.29 is 19.1 Å². The minimum Gasteiger partial charge on any atom is -0.451 e. The summed E-state index contributed by atoms with van der Waals surface area (Å²) in [6, 6.07) is 0.672. The van der Waals surface area contributed by atoms with E-state index in [9.17, 15) is 9.59 Å². The van der Waals surface area contributed by atoms with Crippen LogP contribution >= 0.6 is 66.1 Å². The molecule has 13 heteroatoms. The minimum absolute atomic E-state index is 0.0657. The highest BCUT2D eigenvalue weighted by molar-refractivity contribution is 9.11. The maximum absolute atomic E-state index is 11.5. The van der Waals surface area contributed by atoms with Gasteiger partial charge in [-0.25, -0.2) is 19.6 Å². The van der Waals surface area contributed by atoms with Crippen molar-refractivity contribution in [3.8, 4) is 0 Å². The van der Waals surface area contributed by atoms with Gasteiger partial charge >= 0.3 is 11.5 Å². The number of aromatic nitrogens is 2. The number of alkyl carbamates (subject to hydrolysis) is 1. The van der Waals surface area contributed by atoms with Gasteiger partial charge in [0.05, 0.1) is 42.2 Å². The van der Waals surface area contributed by atoms with E-state index in [1.807, 2.05) is 26.2 Å². The Labute approximate surface area is 261 Å². The van der Waals surface area contributed by atoms with Gasteiger partial charge in [0, 0.05) is 35.5 Å². The predicted octanol–water partition coefficient (Wildman–Crippen LogP) is 8.73. The Morgan fingerprint density at radius 2 is 1.31 bits per heavy atom. The molecule has 0 aliphatic heterocycles. The van der Waals surface area contributed by atoms with E-state index in [1.165, 1.54) is 22.9 Å². The van der Waals surface area contributed by atoms with Crippen LogP contribution in [0, 0.1) is 0 Å². The molecule has 3 N–H and O–H groups in total. The van der Waals surface area contributed by atoms with Crippen LogP contribution in [0.15, 0.2) is 20.0 Å². The summed E-state index contributed by atoms with van der Waals surface area (Å²) in [5.74, 6) is 1.20. The van der Waals surface area contributed by atoms with Crippen molar-refractivity contribution in [3.63, 3.8) is 0 Å². The van der Waals surface area contributed by atoms with Crippen molar-refractivity contribution in [1.82, 2.24) is 15.3 Å². The van der Waals surface area contributed by atoms with Crippen molar-refractivity contribution in [2.75, 3.05) is 0 Å². The van der Waals surface area contributed by atoms with Gasteiger partial charge in [0.25, 0.3) is 0 Å². The molecule has 0 bridgehead atoms. The largest absolute Gasteiger partial charge is 0.451 e. The van der Waals surface area contributed by atoms with Crippen LogP contribution < -0.4 is 11.1 Å². The fourth-order valence-electron chi connectivity index (χ4n) is 4.36. The molecular weight excluding hydrogens is 692 g/mol. The molecule has 0 unspecified atom stereocenters. The van der Waals surface area contributed by atoms with Gasteiger partial charge in [0.2, 0.25) is 0 Å². The molecule has 2 aliphatic carbocycles. The molecule has 220 valence electrons. The summed E-state index contributed by atoms with van der Waals surface area (Å²) >= 11 is 15.2. The number of thiazole rings is 2. The summed E-state index contributed by atoms with van der Waals surface area (Å²) in [5.41, 5.74) is 5.11. The lowest BCUT2D eigenvalue weighted by Crippen LogP contribution is -2.38. The monoisotopic (exact) mass is 728 g/mol. The topological polar surface area (TPSA) is 116 Å². The highest BCUT2D eigenvalue weighted by Crippen LogP contribution is 2.37. The van der Waals surface area contributed by atoms with Crippen LogP contribution in [0.25, 0.3) is 0 Å².